The van der Waals surface area contributed by atoms with Gasteiger partial charge in [0.2, 0.25) is 0 Å². The van der Waals surface area contributed by atoms with Crippen molar-refractivity contribution in [2.24, 2.45) is 0 Å². The van der Waals surface area contributed by atoms with Crippen LogP contribution in [0.3, 0.4) is 0 Å². The van der Waals surface area contributed by atoms with Crippen LogP contribution in [0.25, 0.3) is 10.9 Å². The molecule has 1 aromatic heterocycles. The quantitative estimate of drug-likeness (QED) is 0.777. The highest BCUT2D eigenvalue weighted by atomic mass is 16.4. The summed E-state index contributed by atoms with van der Waals surface area (Å²) in [5.41, 5.74) is 2.44. The molecule has 0 saturated carbocycles. The lowest BCUT2D eigenvalue weighted by Gasteiger charge is -2.05. The van der Waals surface area contributed by atoms with E-state index in [9.17, 15) is 9.59 Å². The van der Waals surface area contributed by atoms with E-state index >= 15 is 0 Å². The number of aromatic amines is 1. The molecule has 5 heteroatoms. The van der Waals surface area contributed by atoms with Gasteiger partial charge in [-0.15, -0.1) is 0 Å². The molecule has 3 rings (SSSR count). The lowest BCUT2D eigenvalue weighted by atomic mass is 10.1. The highest BCUT2D eigenvalue weighted by molar-refractivity contribution is 5.92. The molecule has 2 aromatic carbocycles. The normalized spacial score (nSPS) is 10.8. The number of carbonyl (C=O) groups is 1. The minimum absolute atomic E-state index is 0.117. The van der Waals surface area contributed by atoms with Gasteiger partial charge in [-0.1, -0.05) is 29.8 Å². The van der Waals surface area contributed by atoms with Crippen molar-refractivity contribution in [1.82, 2.24) is 9.97 Å². The maximum atomic E-state index is 12.1. The van der Waals surface area contributed by atoms with Gasteiger partial charge in [-0.05, 0) is 30.7 Å². The molecule has 1 heterocycles. The van der Waals surface area contributed by atoms with Crippen LogP contribution in [0.1, 0.15) is 27.3 Å². The number of aromatic carboxylic acids is 1. The van der Waals surface area contributed by atoms with Crippen LogP contribution in [0.2, 0.25) is 0 Å². The summed E-state index contributed by atoms with van der Waals surface area (Å²) in [5.74, 6) is -0.520. The smallest absolute Gasteiger partial charge is 0.335 e. The molecule has 0 bridgehead atoms. The number of aromatic nitrogens is 2. The zero-order valence-corrected chi connectivity index (χ0v) is 12.0. The summed E-state index contributed by atoms with van der Waals surface area (Å²) in [5, 5.41) is 9.42. The topological polar surface area (TPSA) is 83.0 Å². The van der Waals surface area contributed by atoms with Crippen molar-refractivity contribution >= 4 is 16.9 Å². The zero-order chi connectivity index (χ0) is 15.7. The molecule has 0 radical (unpaired) electrons. The number of aryl methyl sites for hydroxylation is 1. The molecule has 3 aromatic rings. The van der Waals surface area contributed by atoms with E-state index < -0.39 is 5.97 Å². The van der Waals surface area contributed by atoms with E-state index in [1.54, 1.807) is 0 Å². The van der Waals surface area contributed by atoms with E-state index in [2.05, 4.69) is 9.97 Å². The number of benzene rings is 2. The van der Waals surface area contributed by atoms with Gasteiger partial charge in [-0.3, -0.25) is 4.79 Å². The molecule has 0 aliphatic heterocycles. The van der Waals surface area contributed by atoms with Crippen LogP contribution in [-0.4, -0.2) is 21.0 Å². The second-order valence-corrected chi connectivity index (χ2v) is 5.21. The molecule has 0 unspecified atom stereocenters. The van der Waals surface area contributed by atoms with Gasteiger partial charge in [-0.2, -0.15) is 0 Å². The summed E-state index contributed by atoms with van der Waals surface area (Å²) in [7, 11) is 0. The summed E-state index contributed by atoms with van der Waals surface area (Å²) in [6, 6.07) is 12.3. The number of rotatable bonds is 3. The van der Waals surface area contributed by atoms with E-state index in [0.717, 1.165) is 11.1 Å². The average molecular weight is 294 g/mol. The van der Waals surface area contributed by atoms with E-state index in [1.807, 2.05) is 31.2 Å². The van der Waals surface area contributed by atoms with Crippen LogP contribution in [-0.2, 0) is 6.42 Å². The molecule has 0 aliphatic rings. The van der Waals surface area contributed by atoms with E-state index in [4.69, 9.17) is 5.11 Å². The number of nitrogens with one attached hydrogen (secondary N) is 1. The molecule has 0 saturated heterocycles. The monoisotopic (exact) mass is 294 g/mol. The van der Waals surface area contributed by atoms with Crippen molar-refractivity contribution in [3.05, 3.63) is 75.3 Å². The van der Waals surface area contributed by atoms with Crippen LogP contribution in [0.4, 0.5) is 0 Å². The number of nitrogens with zero attached hydrogens (tertiary/aromatic N) is 1. The minimum atomic E-state index is -1.04. The summed E-state index contributed by atoms with van der Waals surface area (Å²) in [4.78, 5) is 30.2. The molecular weight excluding hydrogens is 280 g/mol. The lowest BCUT2D eigenvalue weighted by Crippen LogP contribution is -2.13. The van der Waals surface area contributed by atoms with Gasteiger partial charge in [0.25, 0.3) is 5.56 Å². The van der Waals surface area contributed by atoms with Gasteiger partial charge in [0.1, 0.15) is 5.82 Å². The Labute approximate surface area is 126 Å². The lowest BCUT2D eigenvalue weighted by molar-refractivity contribution is 0.0697. The van der Waals surface area contributed by atoms with Crippen molar-refractivity contribution < 1.29 is 9.90 Å². The first-order chi connectivity index (χ1) is 10.5. The van der Waals surface area contributed by atoms with E-state index in [-0.39, 0.29) is 11.1 Å². The maximum Gasteiger partial charge on any atom is 0.335 e. The minimum Gasteiger partial charge on any atom is -0.478 e. The van der Waals surface area contributed by atoms with Gasteiger partial charge >= 0.3 is 5.97 Å². The molecule has 22 heavy (non-hydrogen) atoms. The van der Waals surface area contributed by atoms with Crippen molar-refractivity contribution in [2.75, 3.05) is 0 Å². The van der Waals surface area contributed by atoms with E-state index in [1.165, 1.54) is 18.2 Å². The first kappa shape index (κ1) is 14.0. The zero-order valence-electron chi connectivity index (χ0n) is 12.0. The predicted octanol–water partition coefficient (Wildman–Crippen LogP) is 2.52. The van der Waals surface area contributed by atoms with Crippen molar-refractivity contribution in [1.29, 1.82) is 0 Å². The van der Waals surface area contributed by atoms with Gasteiger partial charge in [0.15, 0.2) is 0 Å². The fourth-order valence-corrected chi connectivity index (χ4v) is 2.30. The SMILES string of the molecule is Cc1ccc(Cc2nc3cc(C(=O)O)ccc3c(=O)[nH]2)cc1. The fourth-order valence-electron chi connectivity index (χ4n) is 2.30. The first-order valence-electron chi connectivity index (χ1n) is 6.85. The summed E-state index contributed by atoms with van der Waals surface area (Å²) < 4.78 is 0. The summed E-state index contributed by atoms with van der Waals surface area (Å²) >= 11 is 0. The first-order valence-corrected chi connectivity index (χ1v) is 6.85. The van der Waals surface area contributed by atoms with Gasteiger partial charge in [0, 0.05) is 6.42 Å². The Morgan fingerprint density at radius 3 is 2.59 bits per heavy atom. The molecular formula is C17H14N2O3. The third kappa shape index (κ3) is 2.74. The third-order valence-corrected chi connectivity index (χ3v) is 3.49. The maximum absolute atomic E-state index is 12.1. The molecule has 2 N–H and O–H groups in total. The second kappa shape index (κ2) is 5.44. The molecule has 0 amide bonds. The molecule has 110 valence electrons. The Kier molecular flexibility index (Phi) is 3.47. The fraction of sp³-hybridized carbons (Fsp3) is 0.118. The Morgan fingerprint density at radius 1 is 1.18 bits per heavy atom. The van der Waals surface area contributed by atoms with Gasteiger partial charge < -0.3 is 10.1 Å². The van der Waals surface area contributed by atoms with Crippen LogP contribution < -0.4 is 5.56 Å². The van der Waals surface area contributed by atoms with Gasteiger partial charge in [0.05, 0.1) is 16.5 Å². The predicted molar refractivity (Wildman–Crippen MR) is 83.3 cm³/mol. The van der Waals surface area contributed by atoms with Crippen LogP contribution in [0.15, 0.2) is 47.3 Å². The van der Waals surface area contributed by atoms with Crippen LogP contribution in [0.5, 0.6) is 0 Å². The number of hydrogen-bond acceptors (Lipinski definition) is 3. The van der Waals surface area contributed by atoms with Crippen molar-refractivity contribution in [3.8, 4) is 0 Å². The van der Waals surface area contributed by atoms with Crippen LogP contribution >= 0.6 is 0 Å². The Balaban J connectivity index is 2.05. The highest BCUT2D eigenvalue weighted by Gasteiger charge is 2.09. The molecule has 5 nitrogen and oxygen atoms in total. The van der Waals surface area contributed by atoms with E-state index in [0.29, 0.717) is 23.1 Å². The average Bonchev–Trinajstić information content (AvgIpc) is 2.49. The Morgan fingerprint density at radius 2 is 1.91 bits per heavy atom. The molecule has 0 fully saturated rings. The number of carboxylic acid groups (broad SMARTS) is 1. The van der Waals surface area contributed by atoms with Crippen molar-refractivity contribution in [3.63, 3.8) is 0 Å². The number of hydrogen-bond donors (Lipinski definition) is 2. The number of carboxylic acids is 1. The third-order valence-electron chi connectivity index (χ3n) is 3.49. The second-order valence-electron chi connectivity index (χ2n) is 5.21. The Hall–Kier alpha value is -2.95. The van der Waals surface area contributed by atoms with Gasteiger partial charge in [-0.25, -0.2) is 9.78 Å². The highest BCUT2D eigenvalue weighted by Crippen LogP contribution is 2.13. The number of H-pyrrole nitrogens is 1. The largest absolute Gasteiger partial charge is 0.478 e. The standard InChI is InChI=1S/C17H14N2O3/c1-10-2-4-11(5-3-10)8-15-18-14-9-12(17(21)22)6-7-13(14)16(20)19-15/h2-7,9H,8H2,1H3,(H,21,22)(H,18,19,20). The number of fused-ring (bicyclic) bond motifs is 1. The Bertz CT molecular complexity index is 911. The summed E-state index contributed by atoms with van der Waals surface area (Å²) in [6.45, 7) is 2.01. The van der Waals surface area contributed by atoms with Crippen molar-refractivity contribution in [2.45, 2.75) is 13.3 Å². The van der Waals surface area contributed by atoms with Crippen LogP contribution in [0, 0.1) is 6.92 Å². The molecule has 0 atom stereocenters. The molecule has 0 spiro atoms. The summed E-state index contributed by atoms with van der Waals surface area (Å²) in [6.07, 6.45) is 0.489. The molecule has 0 aliphatic carbocycles.